The minimum Gasteiger partial charge on any atom is -0.461 e. The predicted molar refractivity (Wildman–Crippen MR) is 84.7 cm³/mol. The number of para-hydroxylation sites is 1. The number of fused-ring (bicyclic) bond motifs is 1. The molecule has 0 saturated heterocycles. The van der Waals surface area contributed by atoms with E-state index in [1.54, 1.807) is 6.92 Å². The molecule has 0 aliphatic carbocycles. The van der Waals surface area contributed by atoms with E-state index in [0.717, 1.165) is 5.69 Å². The monoisotopic (exact) mass is 312 g/mol. The number of ether oxygens (including phenoxy) is 1. The predicted octanol–water partition coefficient (Wildman–Crippen LogP) is 2.95. The first-order valence-corrected chi connectivity index (χ1v) is 7.36. The highest BCUT2D eigenvalue weighted by atomic mass is 16.5. The van der Waals surface area contributed by atoms with E-state index in [4.69, 9.17) is 9.26 Å². The van der Waals surface area contributed by atoms with Crippen molar-refractivity contribution in [1.82, 2.24) is 15.1 Å². The summed E-state index contributed by atoms with van der Waals surface area (Å²) in [5, 5.41) is 4.26. The fraction of sp³-hybridized carbons (Fsp3) is 0.250. The molecule has 0 bridgehead atoms. The highest BCUT2D eigenvalue weighted by molar-refractivity contribution is 6.05. The van der Waals surface area contributed by atoms with E-state index in [9.17, 15) is 4.79 Å². The van der Waals surface area contributed by atoms with Crippen molar-refractivity contribution >= 4 is 28.6 Å². The third-order valence-corrected chi connectivity index (χ3v) is 3.36. The molecule has 3 aromatic rings. The Balaban J connectivity index is 2.16. The van der Waals surface area contributed by atoms with Gasteiger partial charge in [0.2, 0.25) is 5.69 Å². The van der Waals surface area contributed by atoms with Gasteiger partial charge in [-0.3, -0.25) is 0 Å². The maximum Gasteiger partial charge on any atom is 0.361 e. The van der Waals surface area contributed by atoms with Crippen molar-refractivity contribution < 1.29 is 14.1 Å². The zero-order chi connectivity index (χ0) is 16.2. The number of aromatic nitrogens is 3. The van der Waals surface area contributed by atoms with Crippen molar-refractivity contribution in [2.24, 2.45) is 0 Å². The molecule has 0 aliphatic heterocycles. The van der Waals surface area contributed by atoms with E-state index < -0.39 is 5.97 Å². The molecule has 23 heavy (non-hydrogen) atoms. The Morgan fingerprint density at radius 1 is 1.22 bits per heavy atom. The lowest BCUT2D eigenvalue weighted by molar-refractivity contribution is 0.0517. The van der Waals surface area contributed by atoms with Gasteiger partial charge in [0.15, 0.2) is 0 Å². The summed E-state index contributed by atoms with van der Waals surface area (Å²) in [7, 11) is 0. The molecule has 0 atom stereocenters. The smallest absolute Gasteiger partial charge is 0.361 e. The molecule has 1 aromatic carbocycles. The van der Waals surface area contributed by atoms with E-state index in [1.807, 2.05) is 42.2 Å². The van der Waals surface area contributed by atoms with E-state index >= 15 is 0 Å². The molecule has 3 rings (SSSR count). The topological polar surface area (TPSA) is 81.3 Å². The number of carbonyl (C=O) groups excluding carboxylic acids is 1. The van der Waals surface area contributed by atoms with Gasteiger partial charge in [-0.1, -0.05) is 23.4 Å². The number of benzene rings is 1. The average Bonchev–Trinajstić information content (AvgIpc) is 3.02. The van der Waals surface area contributed by atoms with Crippen LogP contribution in [0.5, 0.6) is 0 Å². The maximum absolute atomic E-state index is 12.1. The number of hydrogen-bond donors (Lipinski definition) is 0. The highest BCUT2D eigenvalue weighted by Crippen LogP contribution is 2.31. The Kier molecular flexibility index (Phi) is 4.18. The van der Waals surface area contributed by atoms with Crippen LogP contribution in [-0.2, 0) is 4.74 Å². The number of carbonyl (C=O) groups is 1. The molecule has 7 nitrogen and oxygen atoms in total. The number of hydrogen-bond acceptors (Lipinski definition) is 7. The molecule has 0 fully saturated rings. The van der Waals surface area contributed by atoms with Crippen LogP contribution in [0.15, 0.2) is 41.2 Å². The zero-order valence-electron chi connectivity index (χ0n) is 12.9. The summed E-state index contributed by atoms with van der Waals surface area (Å²) < 4.78 is 10.2. The number of anilines is 2. The van der Waals surface area contributed by atoms with Crippen LogP contribution >= 0.6 is 0 Å². The summed E-state index contributed by atoms with van der Waals surface area (Å²) in [5.41, 5.74) is 1.30. The SMILES string of the molecule is CCOC(=O)c1noc2ncnc(N(CC)c3ccccc3)c12. The molecule has 0 aliphatic rings. The first-order valence-electron chi connectivity index (χ1n) is 7.36. The van der Waals surface area contributed by atoms with Crippen LogP contribution in [0.1, 0.15) is 24.3 Å². The molecule has 0 N–H and O–H groups in total. The third-order valence-electron chi connectivity index (χ3n) is 3.36. The second-order valence-electron chi connectivity index (χ2n) is 4.71. The van der Waals surface area contributed by atoms with Crippen LogP contribution in [0.25, 0.3) is 11.1 Å². The minimum atomic E-state index is -0.550. The van der Waals surface area contributed by atoms with E-state index in [2.05, 4.69) is 15.1 Å². The van der Waals surface area contributed by atoms with Gasteiger partial charge in [0.1, 0.15) is 17.5 Å². The maximum atomic E-state index is 12.1. The van der Waals surface area contributed by atoms with Gasteiger partial charge in [-0.2, -0.15) is 4.98 Å². The molecule has 0 spiro atoms. The fourth-order valence-electron chi connectivity index (χ4n) is 2.38. The van der Waals surface area contributed by atoms with E-state index in [-0.39, 0.29) is 18.0 Å². The molecule has 0 amide bonds. The first-order chi connectivity index (χ1) is 11.3. The Bertz CT molecular complexity index is 817. The molecule has 0 saturated carbocycles. The largest absolute Gasteiger partial charge is 0.461 e. The first kappa shape index (κ1) is 15.0. The third kappa shape index (κ3) is 2.73. The average molecular weight is 312 g/mol. The Morgan fingerprint density at radius 2 is 2.00 bits per heavy atom. The molecular formula is C16H16N4O3. The lowest BCUT2D eigenvalue weighted by atomic mass is 10.2. The van der Waals surface area contributed by atoms with Crippen molar-refractivity contribution in [3.63, 3.8) is 0 Å². The molecule has 118 valence electrons. The summed E-state index contributed by atoms with van der Waals surface area (Å²) in [5.74, 6) is 0.0133. The van der Waals surface area contributed by atoms with Gasteiger partial charge in [0.25, 0.3) is 5.71 Å². The lowest BCUT2D eigenvalue weighted by Crippen LogP contribution is -2.18. The van der Waals surface area contributed by atoms with E-state index in [0.29, 0.717) is 17.7 Å². The van der Waals surface area contributed by atoms with Crippen LogP contribution in [0.3, 0.4) is 0 Å². The second kappa shape index (κ2) is 6.43. The van der Waals surface area contributed by atoms with Crippen molar-refractivity contribution in [2.45, 2.75) is 13.8 Å². The van der Waals surface area contributed by atoms with Crippen LogP contribution < -0.4 is 4.90 Å². The quantitative estimate of drug-likeness (QED) is 0.670. The Labute approximate surface area is 132 Å². The number of rotatable bonds is 5. The van der Waals surface area contributed by atoms with Crippen LogP contribution in [0.4, 0.5) is 11.5 Å². The van der Waals surface area contributed by atoms with Crippen molar-refractivity contribution in [2.75, 3.05) is 18.1 Å². The lowest BCUT2D eigenvalue weighted by Gasteiger charge is -2.22. The van der Waals surface area contributed by atoms with Gasteiger partial charge >= 0.3 is 5.97 Å². The second-order valence-corrected chi connectivity index (χ2v) is 4.71. The van der Waals surface area contributed by atoms with Crippen LogP contribution in [0.2, 0.25) is 0 Å². The van der Waals surface area contributed by atoms with Gasteiger partial charge < -0.3 is 14.2 Å². The van der Waals surface area contributed by atoms with Crippen molar-refractivity contribution in [1.29, 1.82) is 0 Å². The number of nitrogens with zero attached hydrogens (tertiary/aromatic N) is 4. The Morgan fingerprint density at radius 3 is 2.70 bits per heavy atom. The summed E-state index contributed by atoms with van der Waals surface area (Å²) in [6.07, 6.45) is 1.39. The zero-order valence-corrected chi connectivity index (χ0v) is 12.9. The highest BCUT2D eigenvalue weighted by Gasteiger charge is 2.24. The Hall–Kier alpha value is -2.96. The molecule has 2 aromatic heterocycles. The van der Waals surface area contributed by atoms with Crippen LogP contribution in [0, 0.1) is 0 Å². The summed E-state index contributed by atoms with van der Waals surface area (Å²) >= 11 is 0. The molecule has 7 heteroatoms. The summed E-state index contributed by atoms with van der Waals surface area (Å²) in [6, 6.07) is 9.76. The molecule has 2 heterocycles. The summed E-state index contributed by atoms with van der Waals surface area (Å²) in [6.45, 7) is 4.65. The molecule has 0 unspecified atom stereocenters. The number of esters is 1. The molecular weight excluding hydrogens is 296 g/mol. The van der Waals surface area contributed by atoms with E-state index in [1.165, 1.54) is 6.33 Å². The van der Waals surface area contributed by atoms with Gasteiger partial charge in [-0.25, -0.2) is 9.78 Å². The van der Waals surface area contributed by atoms with Gasteiger partial charge in [0.05, 0.1) is 6.61 Å². The van der Waals surface area contributed by atoms with Gasteiger partial charge in [-0.05, 0) is 26.0 Å². The van der Waals surface area contributed by atoms with Crippen molar-refractivity contribution in [3.05, 3.63) is 42.4 Å². The van der Waals surface area contributed by atoms with Gasteiger partial charge in [0, 0.05) is 12.2 Å². The van der Waals surface area contributed by atoms with Crippen LogP contribution in [-0.4, -0.2) is 34.2 Å². The fourth-order valence-corrected chi connectivity index (χ4v) is 2.38. The van der Waals surface area contributed by atoms with Gasteiger partial charge in [-0.15, -0.1) is 0 Å². The standard InChI is InChI=1S/C16H16N4O3/c1-3-20(11-8-6-5-7-9-11)14-12-13(16(21)22-4-2)19-23-15(12)18-10-17-14/h5-10H,3-4H2,1-2H3. The molecule has 0 radical (unpaired) electrons. The minimum absolute atomic E-state index is 0.0897. The van der Waals surface area contributed by atoms with Crippen molar-refractivity contribution in [3.8, 4) is 0 Å². The normalized spacial score (nSPS) is 10.7. The summed E-state index contributed by atoms with van der Waals surface area (Å²) in [4.78, 5) is 22.4.